The Morgan fingerprint density at radius 3 is 1.62 bits per heavy atom. The van der Waals surface area contributed by atoms with Gasteiger partial charge in [-0.2, -0.15) is 0 Å². The van der Waals surface area contributed by atoms with Gasteiger partial charge in [-0.3, -0.25) is 9.59 Å². The van der Waals surface area contributed by atoms with Crippen molar-refractivity contribution in [1.82, 2.24) is 10.6 Å². The highest BCUT2D eigenvalue weighted by Gasteiger charge is 2.35. The van der Waals surface area contributed by atoms with Gasteiger partial charge in [0.1, 0.15) is 12.2 Å². The Balaban J connectivity index is 1.67. The van der Waals surface area contributed by atoms with Gasteiger partial charge in [-0.15, -0.1) is 0 Å². The second-order valence-electron chi connectivity index (χ2n) is 6.75. The van der Waals surface area contributed by atoms with Crippen molar-refractivity contribution >= 4 is 27.7 Å². The van der Waals surface area contributed by atoms with Crippen molar-refractivity contribution in [2.75, 3.05) is 26.3 Å². The third kappa shape index (κ3) is 5.66. The van der Waals surface area contributed by atoms with E-state index in [0.29, 0.717) is 13.2 Å². The van der Waals surface area contributed by atoms with Crippen molar-refractivity contribution in [3.63, 3.8) is 0 Å². The summed E-state index contributed by atoms with van der Waals surface area (Å²) in [6.07, 6.45) is -0.448. The fourth-order valence-corrected chi connectivity index (χ4v) is 2.78. The Morgan fingerprint density at radius 1 is 0.958 bits per heavy atom. The molecule has 2 aliphatic heterocycles. The van der Waals surface area contributed by atoms with Crippen LogP contribution in [0.2, 0.25) is 0 Å². The summed E-state index contributed by atoms with van der Waals surface area (Å²) in [6, 6.07) is 0. The number of rotatable bonds is 6. The smallest absolute Gasteiger partial charge is 0.243 e. The number of carbonyl (C=O) groups is 2. The van der Waals surface area contributed by atoms with Gasteiger partial charge < -0.3 is 29.6 Å². The number of ether oxygens (including phenoxy) is 4. The van der Waals surface area contributed by atoms with Crippen LogP contribution in [0.15, 0.2) is 0 Å². The minimum atomic E-state index is -0.983. The first kappa shape index (κ1) is 19.6. The predicted octanol–water partition coefficient (Wildman–Crippen LogP) is 0.285. The molecule has 0 spiro atoms. The van der Waals surface area contributed by atoms with E-state index in [2.05, 4.69) is 26.6 Å². The van der Waals surface area contributed by atoms with Crippen LogP contribution in [-0.2, 0) is 28.5 Å². The molecular formula is C15H25BrN2O6. The largest absolute Gasteiger partial charge is 0.352 e. The SMILES string of the molecule is CC1(C)OCC(CNC(=O)C(Br)C(=O)NCC2COC(C)(C)O2)O1. The van der Waals surface area contributed by atoms with E-state index in [9.17, 15) is 9.59 Å². The summed E-state index contributed by atoms with van der Waals surface area (Å²) in [4.78, 5) is 23.1. The number of halogens is 1. The van der Waals surface area contributed by atoms with E-state index in [-0.39, 0.29) is 25.3 Å². The van der Waals surface area contributed by atoms with Crippen LogP contribution in [0.1, 0.15) is 27.7 Å². The minimum Gasteiger partial charge on any atom is -0.352 e. The molecule has 2 N–H and O–H groups in total. The van der Waals surface area contributed by atoms with Crippen LogP contribution in [0.25, 0.3) is 0 Å². The number of hydrogen-bond acceptors (Lipinski definition) is 6. The van der Waals surface area contributed by atoms with E-state index in [1.807, 2.05) is 27.7 Å². The lowest BCUT2D eigenvalue weighted by Gasteiger charge is -2.18. The van der Waals surface area contributed by atoms with Crippen LogP contribution in [0.4, 0.5) is 0 Å². The van der Waals surface area contributed by atoms with Gasteiger partial charge in [-0.05, 0) is 27.7 Å². The zero-order valence-electron chi connectivity index (χ0n) is 14.4. The lowest BCUT2D eigenvalue weighted by atomic mass is 10.3. The van der Waals surface area contributed by atoms with Crippen LogP contribution in [0.5, 0.6) is 0 Å². The van der Waals surface area contributed by atoms with E-state index < -0.39 is 28.2 Å². The molecule has 24 heavy (non-hydrogen) atoms. The zero-order chi connectivity index (χ0) is 18.0. The lowest BCUT2D eigenvalue weighted by molar-refractivity contribution is -0.141. The van der Waals surface area contributed by atoms with Crippen molar-refractivity contribution in [1.29, 1.82) is 0 Å². The number of nitrogens with one attached hydrogen (secondary N) is 2. The molecule has 9 heteroatoms. The van der Waals surface area contributed by atoms with Crippen LogP contribution in [0, 0.1) is 0 Å². The van der Waals surface area contributed by atoms with Gasteiger partial charge in [0.2, 0.25) is 11.8 Å². The Kier molecular flexibility index (Phi) is 6.24. The fraction of sp³-hybridized carbons (Fsp3) is 0.867. The molecule has 0 radical (unpaired) electrons. The Hall–Kier alpha value is -0.740. The number of alkyl halides is 1. The predicted molar refractivity (Wildman–Crippen MR) is 88.5 cm³/mol. The maximum atomic E-state index is 12.0. The first-order valence-corrected chi connectivity index (χ1v) is 8.82. The fourth-order valence-electron chi connectivity index (χ4n) is 2.45. The Bertz CT molecular complexity index is 443. The lowest BCUT2D eigenvalue weighted by Crippen LogP contribution is -2.46. The maximum absolute atomic E-state index is 12.0. The van der Waals surface area contributed by atoms with Crippen molar-refractivity contribution < 1.29 is 28.5 Å². The highest BCUT2D eigenvalue weighted by atomic mass is 79.9. The third-order valence-corrected chi connectivity index (χ3v) is 4.43. The number of carbonyl (C=O) groups excluding carboxylic acids is 2. The first-order chi connectivity index (χ1) is 11.1. The standard InChI is InChI=1S/C15H25BrN2O6/c1-14(2)21-7-9(23-14)5-17-12(19)11(16)13(20)18-6-10-8-22-15(3,4)24-10/h9-11H,5-8H2,1-4H3,(H,17,19)(H,18,20). The van der Waals surface area contributed by atoms with Gasteiger partial charge >= 0.3 is 0 Å². The molecule has 0 aromatic rings. The van der Waals surface area contributed by atoms with Gasteiger partial charge in [0.25, 0.3) is 0 Å². The molecule has 2 saturated heterocycles. The van der Waals surface area contributed by atoms with Crippen molar-refractivity contribution in [2.24, 2.45) is 0 Å². The van der Waals surface area contributed by atoms with Gasteiger partial charge in [-0.25, -0.2) is 0 Å². The van der Waals surface area contributed by atoms with Gasteiger partial charge in [0.15, 0.2) is 16.4 Å². The van der Waals surface area contributed by atoms with E-state index in [0.717, 1.165) is 0 Å². The molecule has 2 aliphatic rings. The van der Waals surface area contributed by atoms with E-state index in [4.69, 9.17) is 18.9 Å². The van der Waals surface area contributed by atoms with Gasteiger partial charge in [0.05, 0.1) is 13.2 Å². The molecule has 2 rings (SSSR count). The second kappa shape index (κ2) is 7.65. The van der Waals surface area contributed by atoms with Gasteiger partial charge in [-0.1, -0.05) is 15.9 Å². The Morgan fingerprint density at radius 2 is 1.33 bits per heavy atom. The summed E-state index contributed by atoms with van der Waals surface area (Å²) in [6.45, 7) is 8.62. The highest BCUT2D eigenvalue weighted by Crippen LogP contribution is 2.22. The third-order valence-electron chi connectivity index (χ3n) is 3.60. The number of hydrogen-bond donors (Lipinski definition) is 2. The van der Waals surface area contributed by atoms with Crippen molar-refractivity contribution in [3.05, 3.63) is 0 Å². The molecule has 2 heterocycles. The molecule has 0 aromatic carbocycles. The van der Waals surface area contributed by atoms with Crippen LogP contribution in [-0.4, -0.2) is 66.7 Å². The summed E-state index contributed by atoms with van der Waals surface area (Å²) < 4.78 is 22.0. The molecular weight excluding hydrogens is 384 g/mol. The quantitative estimate of drug-likeness (QED) is 0.484. The minimum absolute atomic E-state index is 0.224. The molecule has 0 aromatic heterocycles. The summed E-state index contributed by atoms with van der Waals surface area (Å²) in [5, 5.41) is 5.35. The molecule has 2 unspecified atom stereocenters. The molecule has 0 aliphatic carbocycles. The summed E-state index contributed by atoms with van der Waals surface area (Å²) in [7, 11) is 0. The summed E-state index contributed by atoms with van der Waals surface area (Å²) in [5.74, 6) is -2.13. The molecule has 0 saturated carbocycles. The second-order valence-corrected chi connectivity index (χ2v) is 7.67. The molecule has 2 amide bonds. The van der Waals surface area contributed by atoms with Crippen molar-refractivity contribution in [2.45, 2.75) is 56.3 Å². The topological polar surface area (TPSA) is 95.1 Å². The highest BCUT2D eigenvalue weighted by molar-refractivity contribution is 9.10. The van der Waals surface area contributed by atoms with Crippen LogP contribution in [0.3, 0.4) is 0 Å². The maximum Gasteiger partial charge on any atom is 0.243 e. The van der Waals surface area contributed by atoms with E-state index in [1.54, 1.807) is 0 Å². The zero-order valence-corrected chi connectivity index (χ0v) is 16.0. The van der Waals surface area contributed by atoms with Crippen LogP contribution < -0.4 is 10.6 Å². The first-order valence-electron chi connectivity index (χ1n) is 7.91. The average molecular weight is 409 g/mol. The molecule has 2 fully saturated rings. The van der Waals surface area contributed by atoms with Crippen molar-refractivity contribution in [3.8, 4) is 0 Å². The Labute approximate surface area is 150 Å². The molecule has 0 bridgehead atoms. The summed E-state index contributed by atoms with van der Waals surface area (Å²) >= 11 is 3.10. The normalized spacial score (nSPS) is 29.2. The van der Waals surface area contributed by atoms with E-state index in [1.165, 1.54) is 0 Å². The number of amides is 2. The van der Waals surface area contributed by atoms with Crippen LogP contribution >= 0.6 is 15.9 Å². The van der Waals surface area contributed by atoms with E-state index >= 15 is 0 Å². The van der Waals surface area contributed by atoms with Gasteiger partial charge in [0, 0.05) is 13.1 Å². The monoisotopic (exact) mass is 408 g/mol. The molecule has 8 nitrogen and oxygen atoms in total. The molecule has 2 atom stereocenters. The summed E-state index contributed by atoms with van der Waals surface area (Å²) in [5.41, 5.74) is 0. The molecule has 138 valence electrons. The average Bonchev–Trinajstić information content (AvgIpc) is 3.02.